The first-order valence-corrected chi connectivity index (χ1v) is 12.7. The van der Waals surface area contributed by atoms with Gasteiger partial charge in [-0.1, -0.05) is 31.2 Å². The summed E-state index contributed by atoms with van der Waals surface area (Å²) in [6.45, 7) is 9.13. The number of aliphatic carboxylic acids is 1. The average Bonchev–Trinajstić information content (AvgIpc) is 3.42. The van der Waals surface area contributed by atoms with E-state index in [-0.39, 0.29) is 23.2 Å². The van der Waals surface area contributed by atoms with Crippen molar-refractivity contribution in [2.75, 3.05) is 19.8 Å². The Morgan fingerprint density at radius 1 is 1.03 bits per heavy atom. The minimum atomic E-state index is -0.665. The number of benzene rings is 3. The van der Waals surface area contributed by atoms with Crippen LogP contribution in [-0.4, -0.2) is 30.9 Å². The van der Waals surface area contributed by atoms with Gasteiger partial charge in [-0.3, -0.25) is 4.79 Å². The highest BCUT2D eigenvalue weighted by atomic mass is 16.5. The van der Waals surface area contributed by atoms with Gasteiger partial charge in [0.1, 0.15) is 18.1 Å². The van der Waals surface area contributed by atoms with Crippen LogP contribution in [0.4, 0.5) is 0 Å². The lowest BCUT2D eigenvalue weighted by molar-refractivity contribution is -0.139. The molecule has 0 spiro atoms. The molecule has 3 unspecified atom stereocenters. The van der Waals surface area contributed by atoms with E-state index in [9.17, 15) is 9.90 Å². The van der Waals surface area contributed by atoms with Crippen molar-refractivity contribution in [3.8, 4) is 22.6 Å². The standard InChI is InChI=1S/C31H32O5/c1-18-9-24(36-17-31(3)15-34-16-31)10-19(2)27(18)21-6-4-5-20(11-21)14-35-23-7-8-25-22(12-23)13-26-28(25)29(26)30(32)33/h4-12,26,28-29H,13-17H2,1-3H3,(H,32,33). The Bertz CT molecular complexity index is 1320. The molecule has 0 aromatic heterocycles. The van der Waals surface area contributed by atoms with E-state index in [2.05, 4.69) is 69.3 Å². The molecule has 5 nitrogen and oxygen atoms in total. The molecule has 1 N–H and O–H groups in total. The lowest BCUT2D eigenvalue weighted by Crippen LogP contribution is -2.44. The summed E-state index contributed by atoms with van der Waals surface area (Å²) in [7, 11) is 0. The normalized spacial score (nSPS) is 22.8. The largest absolute Gasteiger partial charge is 0.493 e. The van der Waals surface area contributed by atoms with Gasteiger partial charge in [0.05, 0.1) is 25.7 Å². The molecule has 5 heteroatoms. The zero-order valence-electron chi connectivity index (χ0n) is 21.0. The van der Waals surface area contributed by atoms with Crippen LogP contribution < -0.4 is 9.47 Å². The molecule has 3 aromatic rings. The molecule has 1 heterocycles. The van der Waals surface area contributed by atoms with Crippen molar-refractivity contribution >= 4 is 5.97 Å². The lowest BCUT2D eigenvalue weighted by atomic mass is 9.90. The number of hydrogen-bond acceptors (Lipinski definition) is 4. The molecule has 1 aliphatic heterocycles. The van der Waals surface area contributed by atoms with Crippen molar-refractivity contribution in [2.24, 2.45) is 17.3 Å². The van der Waals surface area contributed by atoms with Gasteiger partial charge in [0, 0.05) is 11.3 Å². The fourth-order valence-electron chi connectivity index (χ4n) is 6.05. The second kappa shape index (κ2) is 8.67. The van der Waals surface area contributed by atoms with Gasteiger partial charge in [0.15, 0.2) is 0 Å². The minimum absolute atomic E-state index is 0.120. The molecule has 36 heavy (non-hydrogen) atoms. The van der Waals surface area contributed by atoms with E-state index in [4.69, 9.17) is 14.2 Å². The molecule has 0 amide bonds. The smallest absolute Gasteiger partial charge is 0.307 e. The van der Waals surface area contributed by atoms with Crippen LogP contribution >= 0.6 is 0 Å². The summed E-state index contributed by atoms with van der Waals surface area (Å²) in [4.78, 5) is 11.3. The number of aryl methyl sites for hydroxylation is 2. The number of carbonyl (C=O) groups is 1. The van der Waals surface area contributed by atoms with Crippen LogP contribution in [0.15, 0.2) is 54.6 Å². The second-order valence-electron chi connectivity index (χ2n) is 11.1. The van der Waals surface area contributed by atoms with Crippen LogP contribution in [0.2, 0.25) is 0 Å². The third kappa shape index (κ3) is 4.16. The Kier molecular flexibility index (Phi) is 5.56. The molecule has 3 aromatic carbocycles. The first kappa shape index (κ1) is 23.1. The van der Waals surface area contributed by atoms with E-state index in [0.29, 0.717) is 13.2 Å². The van der Waals surface area contributed by atoms with Crippen LogP contribution in [0.5, 0.6) is 11.5 Å². The van der Waals surface area contributed by atoms with E-state index in [1.165, 1.54) is 33.4 Å². The topological polar surface area (TPSA) is 65.0 Å². The summed E-state index contributed by atoms with van der Waals surface area (Å²) in [5, 5.41) is 9.33. The molecular formula is C31H32O5. The summed E-state index contributed by atoms with van der Waals surface area (Å²) < 4.78 is 17.6. The highest BCUT2D eigenvalue weighted by molar-refractivity contribution is 5.78. The van der Waals surface area contributed by atoms with Gasteiger partial charge in [0.2, 0.25) is 0 Å². The first-order chi connectivity index (χ1) is 17.3. The van der Waals surface area contributed by atoms with Gasteiger partial charge in [-0.25, -0.2) is 0 Å². The third-order valence-corrected chi connectivity index (χ3v) is 8.00. The summed E-state index contributed by atoms with van der Waals surface area (Å²) in [6.07, 6.45) is 0.842. The van der Waals surface area contributed by atoms with Crippen LogP contribution in [-0.2, 0) is 22.6 Å². The molecule has 0 bridgehead atoms. The number of hydrogen-bond donors (Lipinski definition) is 1. The zero-order valence-corrected chi connectivity index (χ0v) is 21.0. The molecule has 6 rings (SSSR count). The van der Waals surface area contributed by atoms with Crippen molar-refractivity contribution < 1.29 is 24.1 Å². The maximum absolute atomic E-state index is 11.3. The van der Waals surface area contributed by atoms with Gasteiger partial charge in [-0.05, 0) is 95.5 Å². The van der Waals surface area contributed by atoms with Crippen LogP contribution in [0.1, 0.15) is 40.7 Å². The highest BCUT2D eigenvalue weighted by Crippen LogP contribution is 2.61. The molecule has 186 valence electrons. The second-order valence-corrected chi connectivity index (χ2v) is 11.1. The van der Waals surface area contributed by atoms with E-state index in [1.807, 2.05) is 6.07 Å². The SMILES string of the molecule is Cc1cc(OCC2(C)COC2)cc(C)c1-c1cccc(COc2ccc3c(c2)CC2C(C(=O)O)C32)c1. The van der Waals surface area contributed by atoms with Crippen LogP contribution in [0, 0.1) is 31.1 Å². The van der Waals surface area contributed by atoms with Crippen LogP contribution in [0.25, 0.3) is 11.1 Å². The van der Waals surface area contributed by atoms with Crippen molar-refractivity contribution in [3.63, 3.8) is 0 Å². The number of fused-ring (bicyclic) bond motifs is 3. The number of ether oxygens (including phenoxy) is 3. The predicted molar refractivity (Wildman–Crippen MR) is 138 cm³/mol. The molecule has 2 aliphatic carbocycles. The van der Waals surface area contributed by atoms with Gasteiger partial charge in [0.25, 0.3) is 0 Å². The Hall–Kier alpha value is -3.31. The molecular weight excluding hydrogens is 452 g/mol. The van der Waals surface area contributed by atoms with Gasteiger partial charge in [-0.2, -0.15) is 0 Å². The van der Waals surface area contributed by atoms with Crippen LogP contribution in [0.3, 0.4) is 0 Å². The Balaban J connectivity index is 1.13. The van der Waals surface area contributed by atoms with E-state index < -0.39 is 5.97 Å². The fraction of sp³-hybridized carbons (Fsp3) is 0.387. The number of carboxylic acid groups (broad SMARTS) is 1. The maximum atomic E-state index is 11.3. The Morgan fingerprint density at radius 3 is 2.50 bits per heavy atom. The highest BCUT2D eigenvalue weighted by Gasteiger charge is 2.59. The van der Waals surface area contributed by atoms with Crippen molar-refractivity contribution in [3.05, 3.63) is 82.4 Å². The third-order valence-electron chi connectivity index (χ3n) is 8.00. The van der Waals surface area contributed by atoms with Gasteiger partial charge >= 0.3 is 5.97 Å². The molecule has 1 saturated heterocycles. The zero-order chi connectivity index (χ0) is 25.0. The molecule has 2 fully saturated rings. The molecule has 0 radical (unpaired) electrons. The summed E-state index contributed by atoms with van der Waals surface area (Å²) in [5.41, 5.74) is 8.44. The molecule has 1 saturated carbocycles. The number of rotatable bonds is 8. The van der Waals surface area contributed by atoms with Crippen molar-refractivity contribution in [2.45, 2.75) is 39.7 Å². The average molecular weight is 485 g/mol. The molecule has 3 aliphatic rings. The lowest BCUT2D eigenvalue weighted by Gasteiger charge is -2.37. The first-order valence-electron chi connectivity index (χ1n) is 12.7. The summed E-state index contributed by atoms with van der Waals surface area (Å²) in [5.74, 6) is 1.35. The summed E-state index contributed by atoms with van der Waals surface area (Å²) >= 11 is 0. The quantitative estimate of drug-likeness (QED) is 0.429. The van der Waals surface area contributed by atoms with Gasteiger partial charge in [-0.15, -0.1) is 0 Å². The van der Waals surface area contributed by atoms with E-state index >= 15 is 0 Å². The monoisotopic (exact) mass is 484 g/mol. The Labute approximate surface area is 212 Å². The number of carboxylic acids is 1. The van der Waals surface area contributed by atoms with Crippen molar-refractivity contribution in [1.82, 2.24) is 0 Å². The minimum Gasteiger partial charge on any atom is -0.493 e. The summed E-state index contributed by atoms with van der Waals surface area (Å²) in [6, 6.07) is 18.9. The predicted octanol–water partition coefficient (Wildman–Crippen LogP) is 5.94. The van der Waals surface area contributed by atoms with E-state index in [1.54, 1.807) is 0 Å². The van der Waals surface area contributed by atoms with E-state index in [0.717, 1.165) is 36.7 Å². The Morgan fingerprint density at radius 2 is 1.81 bits per heavy atom. The van der Waals surface area contributed by atoms with Crippen molar-refractivity contribution in [1.29, 1.82) is 0 Å². The maximum Gasteiger partial charge on any atom is 0.307 e. The van der Waals surface area contributed by atoms with Gasteiger partial charge < -0.3 is 19.3 Å². The fourth-order valence-corrected chi connectivity index (χ4v) is 6.05. The molecule has 3 atom stereocenters.